The number of hydrogen-bond donors (Lipinski definition) is 1. The maximum Gasteiger partial charge on any atom is 0.0698 e. The molecule has 1 unspecified atom stereocenters. The summed E-state index contributed by atoms with van der Waals surface area (Å²) in [5, 5.41) is 3.48. The number of nitrogens with one attached hydrogen (secondary N) is 1. The van der Waals surface area contributed by atoms with E-state index in [1.807, 2.05) is 0 Å². The molecule has 0 bridgehead atoms. The van der Waals surface area contributed by atoms with Crippen molar-refractivity contribution in [1.29, 1.82) is 0 Å². The predicted molar refractivity (Wildman–Crippen MR) is 69.8 cm³/mol. The van der Waals surface area contributed by atoms with Gasteiger partial charge in [-0.1, -0.05) is 20.3 Å². The van der Waals surface area contributed by atoms with E-state index < -0.39 is 0 Å². The highest BCUT2D eigenvalue weighted by molar-refractivity contribution is 4.91. The van der Waals surface area contributed by atoms with Gasteiger partial charge in [0, 0.05) is 0 Å². The number of rotatable bonds is 9. The second kappa shape index (κ2) is 7.29. The van der Waals surface area contributed by atoms with Crippen molar-refractivity contribution < 1.29 is 4.74 Å². The van der Waals surface area contributed by atoms with Gasteiger partial charge in [0.1, 0.15) is 0 Å². The lowest BCUT2D eigenvalue weighted by Gasteiger charge is -2.44. The standard InChI is InChI=1S/C14H29NO/c1-4-7-13(3)16-14(8-6-9-14)10-12-15-11-5-2/h13,15H,4-12H2,1-3H3. The van der Waals surface area contributed by atoms with Crippen LogP contribution in [0.5, 0.6) is 0 Å². The van der Waals surface area contributed by atoms with Gasteiger partial charge in [0.2, 0.25) is 0 Å². The third kappa shape index (κ3) is 4.42. The van der Waals surface area contributed by atoms with E-state index in [9.17, 15) is 0 Å². The highest BCUT2D eigenvalue weighted by Crippen LogP contribution is 2.39. The fourth-order valence-electron chi connectivity index (χ4n) is 2.51. The Morgan fingerprint density at radius 3 is 2.44 bits per heavy atom. The molecule has 1 fully saturated rings. The van der Waals surface area contributed by atoms with Gasteiger partial charge in [0.05, 0.1) is 11.7 Å². The molecule has 0 aromatic rings. The molecule has 0 radical (unpaired) electrons. The monoisotopic (exact) mass is 227 g/mol. The first-order valence-corrected chi connectivity index (χ1v) is 7.11. The van der Waals surface area contributed by atoms with Crippen LogP contribution < -0.4 is 5.32 Å². The summed E-state index contributed by atoms with van der Waals surface area (Å²) in [6.07, 6.45) is 9.18. The quantitative estimate of drug-likeness (QED) is 0.609. The van der Waals surface area contributed by atoms with E-state index in [1.54, 1.807) is 0 Å². The van der Waals surface area contributed by atoms with E-state index in [0.29, 0.717) is 6.10 Å². The van der Waals surface area contributed by atoms with Crippen LogP contribution in [0.25, 0.3) is 0 Å². The molecule has 1 rings (SSSR count). The molecule has 1 N–H and O–H groups in total. The minimum absolute atomic E-state index is 0.231. The van der Waals surface area contributed by atoms with Crippen LogP contribution in [0.3, 0.4) is 0 Å². The van der Waals surface area contributed by atoms with Gasteiger partial charge < -0.3 is 10.1 Å². The zero-order valence-electron chi connectivity index (χ0n) is 11.3. The van der Waals surface area contributed by atoms with Crippen molar-refractivity contribution in [2.24, 2.45) is 0 Å². The summed E-state index contributed by atoms with van der Waals surface area (Å²) in [6, 6.07) is 0. The van der Waals surface area contributed by atoms with Crippen molar-refractivity contribution in [2.45, 2.75) is 77.4 Å². The largest absolute Gasteiger partial charge is 0.372 e. The maximum absolute atomic E-state index is 6.25. The van der Waals surface area contributed by atoms with Crippen molar-refractivity contribution in [3.05, 3.63) is 0 Å². The molecule has 1 atom stereocenters. The van der Waals surface area contributed by atoms with Crippen LogP contribution in [-0.4, -0.2) is 24.8 Å². The fourth-order valence-corrected chi connectivity index (χ4v) is 2.51. The lowest BCUT2D eigenvalue weighted by Crippen LogP contribution is -2.44. The smallest absolute Gasteiger partial charge is 0.0698 e. The van der Waals surface area contributed by atoms with Gasteiger partial charge in [0.25, 0.3) is 0 Å². The lowest BCUT2D eigenvalue weighted by atomic mass is 9.77. The third-order valence-electron chi connectivity index (χ3n) is 3.60. The summed E-state index contributed by atoms with van der Waals surface area (Å²) in [4.78, 5) is 0. The summed E-state index contributed by atoms with van der Waals surface area (Å²) in [6.45, 7) is 8.93. The molecule has 0 heterocycles. The van der Waals surface area contributed by atoms with Crippen molar-refractivity contribution >= 4 is 0 Å². The molecule has 0 spiro atoms. The molecule has 0 aromatic carbocycles. The summed E-state index contributed by atoms with van der Waals surface area (Å²) >= 11 is 0. The van der Waals surface area contributed by atoms with Gasteiger partial charge in [-0.05, 0) is 58.5 Å². The molecular weight excluding hydrogens is 198 g/mol. The normalized spacial score (nSPS) is 20.4. The summed E-state index contributed by atoms with van der Waals surface area (Å²) in [5.41, 5.74) is 0.231. The molecule has 16 heavy (non-hydrogen) atoms. The average molecular weight is 227 g/mol. The molecule has 1 aliphatic carbocycles. The van der Waals surface area contributed by atoms with Gasteiger partial charge in [-0.3, -0.25) is 0 Å². The fraction of sp³-hybridized carbons (Fsp3) is 1.00. The van der Waals surface area contributed by atoms with Crippen molar-refractivity contribution in [3.8, 4) is 0 Å². The van der Waals surface area contributed by atoms with E-state index in [2.05, 4.69) is 26.1 Å². The van der Waals surface area contributed by atoms with Gasteiger partial charge in [-0.15, -0.1) is 0 Å². The second-order valence-electron chi connectivity index (χ2n) is 5.25. The van der Waals surface area contributed by atoms with Crippen molar-refractivity contribution in [3.63, 3.8) is 0 Å². The topological polar surface area (TPSA) is 21.3 Å². The Morgan fingerprint density at radius 2 is 1.94 bits per heavy atom. The maximum atomic E-state index is 6.25. The number of ether oxygens (including phenoxy) is 1. The van der Waals surface area contributed by atoms with Crippen LogP contribution in [0, 0.1) is 0 Å². The molecule has 0 amide bonds. The average Bonchev–Trinajstić information content (AvgIpc) is 2.20. The van der Waals surface area contributed by atoms with Gasteiger partial charge in [-0.2, -0.15) is 0 Å². The van der Waals surface area contributed by atoms with Crippen LogP contribution >= 0.6 is 0 Å². The summed E-state index contributed by atoms with van der Waals surface area (Å²) in [5.74, 6) is 0. The summed E-state index contributed by atoms with van der Waals surface area (Å²) < 4.78 is 6.25. The van der Waals surface area contributed by atoms with Crippen LogP contribution in [0.4, 0.5) is 0 Å². The molecular formula is C14H29NO. The first-order valence-electron chi connectivity index (χ1n) is 7.11. The van der Waals surface area contributed by atoms with Crippen LogP contribution in [0.15, 0.2) is 0 Å². The minimum Gasteiger partial charge on any atom is -0.372 e. The van der Waals surface area contributed by atoms with Gasteiger partial charge in [-0.25, -0.2) is 0 Å². The SMILES string of the molecule is CCCNCCC1(OC(C)CCC)CCC1. The van der Waals surface area contributed by atoms with Crippen LogP contribution in [-0.2, 0) is 4.74 Å². The van der Waals surface area contributed by atoms with Crippen molar-refractivity contribution in [1.82, 2.24) is 5.32 Å². The molecule has 1 saturated carbocycles. The highest BCUT2D eigenvalue weighted by atomic mass is 16.5. The Balaban J connectivity index is 2.21. The molecule has 96 valence electrons. The first kappa shape index (κ1) is 14.0. The van der Waals surface area contributed by atoms with E-state index in [-0.39, 0.29) is 5.60 Å². The number of hydrogen-bond acceptors (Lipinski definition) is 2. The Bertz CT molecular complexity index is 178. The molecule has 2 heteroatoms. The molecule has 0 aliphatic heterocycles. The highest BCUT2D eigenvalue weighted by Gasteiger charge is 2.38. The van der Waals surface area contributed by atoms with E-state index in [0.717, 1.165) is 13.1 Å². The van der Waals surface area contributed by atoms with Crippen LogP contribution in [0.2, 0.25) is 0 Å². The second-order valence-corrected chi connectivity index (χ2v) is 5.25. The third-order valence-corrected chi connectivity index (χ3v) is 3.60. The van der Waals surface area contributed by atoms with Gasteiger partial charge >= 0.3 is 0 Å². The zero-order chi connectivity index (χ0) is 11.9. The lowest BCUT2D eigenvalue weighted by molar-refractivity contribution is -0.139. The Labute approximate surface area is 101 Å². The zero-order valence-corrected chi connectivity index (χ0v) is 11.3. The predicted octanol–water partition coefficient (Wildman–Crippen LogP) is 3.50. The van der Waals surface area contributed by atoms with E-state index in [4.69, 9.17) is 4.74 Å². The van der Waals surface area contributed by atoms with E-state index >= 15 is 0 Å². The van der Waals surface area contributed by atoms with Gasteiger partial charge in [0.15, 0.2) is 0 Å². The molecule has 0 aromatic heterocycles. The van der Waals surface area contributed by atoms with Crippen molar-refractivity contribution in [2.75, 3.05) is 13.1 Å². The molecule has 1 aliphatic rings. The minimum atomic E-state index is 0.231. The van der Waals surface area contributed by atoms with E-state index in [1.165, 1.54) is 44.9 Å². The first-order chi connectivity index (χ1) is 7.72. The molecule has 0 saturated heterocycles. The Hall–Kier alpha value is -0.0800. The Morgan fingerprint density at radius 1 is 1.19 bits per heavy atom. The Kier molecular flexibility index (Phi) is 6.37. The molecule has 2 nitrogen and oxygen atoms in total. The summed E-state index contributed by atoms with van der Waals surface area (Å²) in [7, 11) is 0. The van der Waals surface area contributed by atoms with Crippen LogP contribution in [0.1, 0.15) is 65.7 Å².